The van der Waals surface area contributed by atoms with Crippen molar-refractivity contribution in [3.8, 4) is 44.5 Å². The van der Waals surface area contributed by atoms with Crippen LogP contribution < -0.4 is 0 Å². The number of hydrogen-bond donors (Lipinski definition) is 0. The van der Waals surface area contributed by atoms with Crippen LogP contribution in [0.25, 0.3) is 88.0 Å². The number of rotatable bonds is 4. The lowest BCUT2D eigenvalue weighted by Gasteiger charge is -2.18. The van der Waals surface area contributed by atoms with E-state index in [1.807, 2.05) is 0 Å². The molecule has 0 saturated carbocycles. The maximum atomic E-state index is 9.61. The van der Waals surface area contributed by atoms with Gasteiger partial charge in [0.1, 0.15) is 11.2 Å². The molecular formula is C44H28O. The summed E-state index contributed by atoms with van der Waals surface area (Å²) in [5.74, 6) is 0. The van der Waals surface area contributed by atoms with Gasteiger partial charge in [-0.3, -0.25) is 0 Å². The Kier molecular flexibility index (Phi) is 2.32. The van der Waals surface area contributed by atoms with Crippen LogP contribution in [-0.2, 0) is 0 Å². The molecule has 9 rings (SSSR count). The third-order valence-electron chi connectivity index (χ3n) is 7.06. The van der Waals surface area contributed by atoms with Crippen LogP contribution in [-0.4, -0.2) is 0 Å². The summed E-state index contributed by atoms with van der Waals surface area (Å²) in [6.07, 6.45) is 0. The molecule has 210 valence electrons. The Hall–Kier alpha value is -5.92. The predicted molar refractivity (Wildman–Crippen MR) is 190 cm³/mol. The number of furan rings is 1. The average molecular weight is 601 g/mol. The van der Waals surface area contributed by atoms with Crippen LogP contribution in [0.15, 0.2) is 174 Å². The number of fused-ring (bicyclic) bond motifs is 5. The molecule has 0 radical (unpaired) electrons. The molecule has 1 nitrogen and oxygen atoms in total. The Labute approximate surface area is 301 Å². The molecule has 45 heavy (non-hydrogen) atoms. The third-order valence-corrected chi connectivity index (χ3v) is 7.06. The molecule has 1 aromatic heterocycles. The Morgan fingerprint density at radius 3 is 1.47 bits per heavy atom. The van der Waals surface area contributed by atoms with Gasteiger partial charge in [-0.15, -0.1) is 0 Å². The van der Waals surface area contributed by atoms with Crippen molar-refractivity contribution in [1.29, 1.82) is 0 Å². The average Bonchev–Trinajstić information content (AvgIpc) is 3.76. The van der Waals surface area contributed by atoms with Gasteiger partial charge in [0.05, 0.1) is 38.4 Å². The molecule has 1 heteroatoms. The second-order valence-electron chi connectivity index (χ2n) is 9.51. The summed E-state index contributed by atoms with van der Waals surface area (Å²) in [5.41, 5.74) is -7.55. The lowest BCUT2D eigenvalue weighted by Crippen LogP contribution is -1.91. The molecule has 0 spiro atoms. The van der Waals surface area contributed by atoms with E-state index < -0.39 is 257 Å². The molecule has 0 bridgehead atoms. The second kappa shape index (κ2) is 10.4. The van der Waals surface area contributed by atoms with E-state index in [1.54, 1.807) is 0 Å². The Balaban J connectivity index is 1.59. The summed E-state index contributed by atoms with van der Waals surface area (Å²) >= 11 is 0. The lowest BCUT2D eigenvalue weighted by atomic mass is 9.85. The highest BCUT2D eigenvalue weighted by atomic mass is 16.3. The van der Waals surface area contributed by atoms with Crippen LogP contribution in [0.1, 0.15) is 38.4 Å². The molecule has 1 heterocycles. The van der Waals surface area contributed by atoms with Crippen molar-refractivity contribution in [1.82, 2.24) is 0 Å². The van der Waals surface area contributed by atoms with Gasteiger partial charge < -0.3 is 4.42 Å². The molecule has 0 amide bonds. The highest BCUT2D eigenvalue weighted by molar-refractivity contribution is 6.24. The summed E-state index contributed by atoms with van der Waals surface area (Å²) in [5, 5.41) is -4.21. The first-order valence-electron chi connectivity index (χ1n) is 27.2. The van der Waals surface area contributed by atoms with Crippen molar-refractivity contribution >= 4 is 43.5 Å². The maximum absolute atomic E-state index is 9.61. The van der Waals surface area contributed by atoms with Gasteiger partial charge in [-0.05, 0) is 73.1 Å². The molecule has 0 aliphatic heterocycles. The Morgan fingerprint density at radius 2 is 0.822 bits per heavy atom. The number of para-hydroxylation sites is 1. The van der Waals surface area contributed by atoms with Gasteiger partial charge >= 0.3 is 0 Å². The Morgan fingerprint density at radius 1 is 0.333 bits per heavy atom. The molecule has 8 aromatic carbocycles. The minimum atomic E-state index is -1.06. The summed E-state index contributed by atoms with van der Waals surface area (Å²) in [6.45, 7) is 0. The van der Waals surface area contributed by atoms with Gasteiger partial charge in [0.25, 0.3) is 0 Å². The summed E-state index contributed by atoms with van der Waals surface area (Å²) in [7, 11) is 0. The van der Waals surface area contributed by atoms with Crippen LogP contribution in [0.5, 0.6) is 0 Å². The monoisotopic (exact) mass is 600 g/mol. The highest BCUT2D eigenvalue weighted by Crippen LogP contribution is 2.47. The van der Waals surface area contributed by atoms with Gasteiger partial charge in [-0.1, -0.05) is 151 Å². The van der Waals surface area contributed by atoms with E-state index in [0.717, 1.165) is 0 Å². The molecule has 0 fully saturated rings. The maximum Gasteiger partial charge on any atom is 0.143 e. The Bertz CT molecular complexity index is 3980. The molecule has 0 saturated heterocycles. The molecule has 0 unspecified atom stereocenters. The first-order valence-corrected chi connectivity index (χ1v) is 13.2. The SMILES string of the molecule is [2H]c1c([2H])c([2H])c(-c2c([2H])c([2H])c([2H])c(-c3c4c([2H])c([2H])c([2H])c([2H])c4c(-c4c([2H])c([2H])c([2H])c5c4oc4c([2H])c([2H])c(-c6c([2H])c([2H])c([2H])c([2H])c6[2H])c([2H])c45)c4c([2H])c([2H])c([2H])c([2H])c34)c2[2H])c([2H])c1[2H]. The van der Waals surface area contributed by atoms with Crippen molar-refractivity contribution < 1.29 is 42.8 Å². The van der Waals surface area contributed by atoms with E-state index in [9.17, 15) is 11.0 Å². The lowest BCUT2D eigenvalue weighted by molar-refractivity contribution is 0.670. The molecular weight excluding hydrogens is 544 g/mol. The standard InChI is InChI=1S/C44H28O/c1-3-13-29(14-4-1)31-17-11-18-33(27-31)42-34-19-7-9-21-36(34)43(37-22-10-8-20-35(37)42)39-24-12-23-38-40-28-32(30-15-5-2-6-16-30)25-26-41(40)45-44(38)39/h1-28H/i1D,2D,3D,4D,5D,6D,7D,8D,9D,10D,11D,12D,13D,14D,15D,16D,17D,18D,19D,20D,21D,22D,23D,24D,25D,26D,27D,28D. The van der Waals surface area contributed by atoms with Crippen LogP contribution >= 0.6 is 0 Å². The van der Waals surface area contributed by atoms with Crippen molar-refractivity contribution in [2.24, 2.45) is 0 Å². The first-order chi connectivity index (χ1) is 34.0. The molecule has 0 aliphatic rings. The quantitative estimate of drug-likeness (QED) is 0.183. The molecule has 0 N–H and O–H groups in total. The van der Waals surface area contributed by atoms with Gasteiger partial charge in [0.2, 0.25) is 0 Å². The summed E-state index contributed by atoms with van der Waals surface area (Å²) < 4.78 is 255. The van der Waals surface area contributed by atoms with Crippen LogP contribution in [0, 0.1) is 0 Å². The second-order valence-corrected chi connectivity index (χ2v) is 9.51. The van der Waals surface area contributed by atoms with Gasteiger partial charge in [0.15, 0.2) is 0 Å². The van der Waals surface area contributed by atoms with Crippen molar-refractivity contribution in [2.45, 2.75) is 0 Å². The zero-order valence-corrected chi connectivity index (χ0v) is 22.4. The molecule has 0 aliphatic carbocycles. The van der Waals surface area contributed by atoms with E-state index in [0.29, 0.717) is 0 Å². The zero-order chi connectivity index (χ0) is 54.1. The van der Waals surface area contributed by atoms with Crippen molar-refractivity contribution in [2.75, 3.05) is 0 Å². The number of benzene rings is 8. The first kappa shape index (κ1) is 10.1. The van der Waals surface area contributed by atoms with E-state index >= 15 is 0 Å². The van der Waals surface area contributed by atoms with Gasteiger partial charge in [-0.2, -0.15) is 0 Å². The summed E-state index contributed by atoms with van der Waals surface area (Å²) in [4.78, 5) is 0. The molecule has 0 atom stereocenters. The van der Waals surface area contributed by atoms with E-state index in [-0.39, 0.29) is 0 Å². The zero-order valence-electron chi connectivity index (χ0n) is 50.4. The number of hydrogen-bond acceptors (Lipinski definition) is 1. The van der Waals surface area contributed by atoms with Gasteiger partial charge in [0, 0.05) is 21.9 Å². The fourth-order valence-electron chi connectivity index (χ4n) is 5.19. The summed E-state index contributed by atoms with van der Waals surface area (Å²) in [6, 6.07) is -26.7. The minimum absolute atomic E-state index is 0.567. The van der Waals surface area contributed by atoms with E-state index in [4.69, 9.17) is 31.8 Å². The fraction of sp³-hybridized carbons (Fsp3) is 0. The van der Waals surface area contributed by atoms with Crippen molar-refractivity contribution in [3.63, 3.8) is 0 Å². The normalized spacial score (nSPS) is 20.3. The van der Waals surface area contributed by atoms with Crippen LogP contribution in [0.4, 0.5) is 0 Å². The highest BCUT2D eigenvalue weighted by Gasteiger charge is 2.20. The molecule has 9 aromatic rings. The van der Waals surface area contributed by atoms with E-state index in [2.05, 4.69) is 0 Å². The van der Waals surface area contributed by atoms with Crippen LogP contribution in [0.3, 0.4) is 0 Å². The topological polar surface area (TPSA) is 13.1 Å². The smallest absolute Gasteiger partial charge is 0.143 e. The predicted octanol–water partition coefficient (Wildman–Crippen LogP) is 12.6. The van der Waals surface area contributed by atoms with Gasteiger partial charge in [-0.25, -0.2) is 0 Å². The fourth-order valence-corrected chi connectivity index (χ4v) is 5.19. The minimum Gasteiger partial charge on any atom is -0.455 e. The third kappa shape index (κ3) is 4.17. The van der Waals surface area contributed by atoms with Crippen LogP contribution in [0.2, 0.25) is 0 Å². The largest absolute Gasteiger partial charge is 0.455 e. The van der Waals surface area contributed by atoms with E-state index in [1.165, 1.54) is 0 Å². The van der Waals surface area contributed by atoms with Crippen molar-refractivity contribution in [3.05, 3.63) is 169 Å².